The van der Waals surface area contributed by atoms with E-state index in [1.165, 1.54) is 0 Å². The van der Waals surface area contributed by atoms with Gasteiger partial charge in [0, 0.05) is 19.1 Å². The number of hydrogen-bond acceptors (Lipinski definition) is 2. The van der Waals surface area contributed by atoms with Gasteiger partial charge in [0.05, 0.1) is 5.92 Å². The molecule has 1 amide bonds. The SMILES string of the molecule is CCC(C(=O)N(CC)C1CCCNC1)c1ccccc1. The molecule has 0 aliphatic carbocycles. The highest BCUT2D eigenvalue weighted by Gasteiger charge is 2.29. The number of piperidine rings is 1. The largest absolute Gasteiger partial charge is 0.338 e. The van der Waals surface area contributed by atoms with Crippen LogP contribution in [0.1, 0.15) is 44.6 Å². The molecule has 0 spiro atoms. The van der Waals surface area contributed by atoms with Crippen molar-refractivity contribution in [2.24, 2.45) is 0 Å². The molecule has 0 bridgehead atoms. The lowest BCUT2D eigenvalue weighted by Crippen LogP contribution is -2.50. The molecule has 0 radical (unpaired) electrons. The first-order valence-electron chi connectivity index (χ1n) is 7.84. The highest BCUT2D eigenvalue weighted by atomic mass is 16.2. The van der Waals surface area contributed by atoms with E-state index in [9.17, 15) is 4.79 Å². The van der Waals surface area contributed by atoms with E-state index < -0.39 is 0 Å². The van der Waals surface area contributed by atoms with Gasteiger partial charge in [-0.3, -0.25) is 4.79 Å². The Morgan fingerprint density at radius 2 is 2.10 bits per heavy atom. The minimum Gasteiger partial charge on any atom is -0.338 e. The third-order valence-corrected chi connectivity index (χ3v) is 4.24. The summed E-state index contributed by atoms with van der Waals surface area (Å²) in [6.07, 6.45) is 3.15. The molecule has 20 heavy (non-hydrogen) atoms. The summed E-state index contributed by atoms with van der Waals surface area (Å²) < 4.78 is 0. The lowest BCUT2D eigenvalue weighted by molar-refractivity contribution is -0.135. The number of carbonyl (C=O) groups is 1. The molecule has 110 valence electrons. The maximum atomic E-state index is 12.9. The van der Waals surface area contributed by atoms with Crippen LogP contribution < -0.4 is 5.32 Å². The summed E-state index contributed by atoms with van der Waals surface area (Å²) >= 11 is 0. The van der Waals surface area contributed by atoms with Crippen molar-refractivity contribution in [2.45, 2.75) is 45.1 Å². The monoisotopic (exact) mass is 274 g/mol. The molecule has 2 rings (SSSR count). The van der Waals surface area contributed by atoms with Crippen molar-refractivity contribution >= 4 is 5.91 Å². The van der Waals surface area contributed by atoms with Crippen LogP contribution in [-0.4, -0.2) is 36.5 Å². The molecule has 1 saturated heterocycles. The van der Waals surface area contributed by atoms with Crippen molar-refractivity contribution in [3.8, 4) is 0 Å². The van der Waals surface area contributed by atoms with Crippen molar-refractivity contribution in [3.63, 3.8) is 0 Å². The Hall–Kier alpha value is -1.35. The highest BCUT2D eigenvalue weighted by molar-refractivity contribution is 5.84. The first kappa shape index (κ1) is 15.0. The lowest BCUT2D eigenvalue weighted by Gasteiger charge is -2.36. The van der Waals surface area contributed by atoms with Crippen LogP contribution in [0.15, 0.2) is 30.3 Å². The Morgan fingerprint density at radius 1 is 1.35 bits per heavy atom. The molecule has 0 saturated carbocycles. The molecule has 1 aliphatic rings. The van der Waals surface area contributed by atoms with E-state index in [0.29, 0.717) is 6.04 Å². The quantitative estimate of drug-likeness (QED) is 0.895. The number of carbonyl (C=O) groups excluding carboxylic acids is 1. The molecular weight excluding hydrogens is 248 g/mol. The second-order valence-electron chi connectivity index (χ2n) is 5.50. The minimum absolute atomic E-state index is 0.00178. The summed E-state index contributed by atoms with van der Waals surface area (Å²) in [6, 6.07) is 10.5. The first-order valence-corrected chi connectivity index (χ1v) is 7.84. The van der Waals surface area contributed by atoms with E-state index in [-0.39, 0.29) is 11.8 Å². The van der Waals surface area contributed by atoms with Crippen molar-refractivity contribution in [1.82, 2.24) is 10.2 Å². The summed E-state index contributed by atoms with van der Waals surface area (Å²) in [7, 11) is 0. The van der Waals surface area contributed by atoms with E-state index in [2.05, 4.69) is 36.2 Å². The van der Waals surface area contributed by atoms with Gasteiger partial charge in [0.1, 0.15) is 0 Å². The van der Waals surface area contributed by atoms with Crippen molar-refractivity contribution < 1.29 is 4.79 Å². The van der Waals surface area contributed by atoms with Crippen LogP contribution in [0.2, 0.25) is 0 Å². The van der Waals surface area contributed by atoms with Crippen LogP contribution in [0.3, 0.4) is 0 Å². The van der Waals surface area contributed by atoms with Gasteiger partial charge in [-0.1, -0.05) is 37.3 Å². The number of nitrogens with one attached hydrogen (secondary N) is 1. The van der Waals surface area contributed by atoms with Crippen molar-refractivity contribution in [3.05, 3.63) is 35.9 Å². The first-order chi connectivity index (χ1) is 9.77. The van der Waals surface area contributed by atoms with Gasteiger partial charge in [-0.05, 0) is 38.3 Å². The molecule has 0 aromatic heterocycles. The molecule has 3 nitrogen and oxygen atoms in total. The molecule has 1 aromatic rings. The maximum Gasteiger partial charge on any atom is 0.230 e. The van der Waals surface area contributed by atoms with Crippen molar-refractivity contribution in [2.75, 3.05) is 19.6 Å². The molecular formula is C17H26N2O. The Kier molecular flexibility index (Phi) is 5.60. The van der Waals surface area contributed by atoms with Crippen LogP contribution in [0.25, 0.3) is 0 Å². The number of rotatable bonds is 5. The molecule has 2 unspecified atom stereocenters. The van der Waals surface area contributed by atoms with Crippen molar-refractivity contribution in [1.29, 1.82) is 0 Å². The van der Waals surface area contributed by atoms with Gasteiger partial charge in [0.2, 0.25) is 5.91 Å². The van der Waals surface area contributed by atoms with Gasteiger partial charge in [0.15, 0.2) is 0 Å². The van der Waals surface area contributed by atoms with Gasteiger partial charge in [-0.15, -0.1) is 0 Å². The Bertz CT molecular complexity index is 412. The van der Waals surface area contributed by atoms with Gasteiger partial charge >= 0.3 is 0 Å². The van der Waals surface area contributed by atoms with Gasteiger partial charge < -0.3 is 10.2 Å². The third kappa shape index (κ3) is 3.40. The zero-order chi connectivity index (χ0) is 14.4. The minimum atomic E-state index is -0.00178. The summed E-state index contributed by atoms with van der Waals surface area (Å²) in [4.78, 5) is 15.0. The van der Waals surface area contributed by atoms with Gasteiger partial charge in [-0.2, -0.15) is 0 Å². The number of hydrogen-bond donors (Lipinski definition) is 1. The van der Waals surface area contributed by atoms with Gasteiger partial charge in [-0.25, -0.2) is 0 Å². The molecule has 1 heterocycles. The summed E-state index contributed by atoms with van der Waals surface area (Å²) in [5, 5.41) is 3.41. The topological polar surface area (TPSA) is 32.3 Å². The average molecular weight is 274 g/mol. The third-order valence-electron chi connectivity index (χ3n) is 4.24. The fourth-order valence-electron chi connectivity index (χ4n) is 3.13. The molecule has 1 N–H and O–H groups in total. The highest BCUT2D eigenvalue weighted by Crippen LogP contribution is 2.24. The van der Waals surface area contributed by atoms with E-state index in [0.717, 1.165) is 44.5 Å². The normalized spacial score (nSPS) is 20.4. The second kappa shape index (κ2) is 7.44. The Morgan fingerprint density at radius 3 is 2.65 bits per heavy atom. The van der Waals surface area contributed by atoms with E-state index in [1.54, 1.807) is 0 Å². The van der Waals surface area contributed by atoms with Crippen LogP contribution in [0, 0.1) is 0 Å². The maximum absolute atomic E-state index is 12.9. The molecule has 1 aromatic carbocycles. The smallest absolute Gasteiger partial charge is 0.230 e. The van der Waals surface area contributed by atoms with Crippen LogP contribution in [0.5, 0.6) is 0 Å². The molecule has 1 fully saturated rings. The Labute approximate surface area is 122 Å². The molecule has 1 aliphatic heterocycles. The molecule has 2 atom stereocenters. The summed E-state index contributed by atoms with van der Waals surface area (Å²) in [5.41, 5.74) is 1.14. The summed E-state index contributed by atoms with van der Waals surface area (Å²) in [5.74, 6) is 0.285. The number of likely N-dealkylation sites (N-methyl/N-ethyl adjacent to an activating group) is 1. The molecule has 3 heteroatoms. The number of nitrogens with zero attached hydrogens (tertiary/aromatic N) is 1. The zero-order valence-corrected chi connectivity index (χ0v) is 12.6. The van der Waals surface area contributed by atoms with E-state index >= 15 is 0 Å². The summed E-state index contributed by atoms with van der Waals surface area (Å²) in [6.45, 7) is 7.00. The predicted octanol–water partition coefficient (Wildman–Crippen LogP) is 2.78. The standard InChI is InChI=1S/C17H26N2O/c1-3-16(14-9-6-5-7-10-14)17(20)19(4-2)15-11-8-12-18-13-15/h5-7,9-10,15-16,18H,3-4,8,11-13H2,1-2H3. The number of benzene rings is 1. The fourth-order valence-corrected chi connectivity index (χ4v) is 3.13. The zero-order valence-electron chi connectivity index (χ0n) is 12.6. The second-order valence-corrected chi connectivity index (χ2v) is 5.50. The fraction of sp³-hybridized carbons (Fsp3) is 0.588. The average Bonchev–Trinajstić information content (AvgIpc) is 2.51. The van der Waals surface area contributed by atoms with Crippen LogP contribution in [-0.2, 0) is 4.79 Å². The van der Waals surface area contributed by atoms with E-state index in [4.69, 9.17) is 0 Å². The number of amides is 1. The van der Waals surface area contributed by atoms with E-state index in [1.807, 2.05) is 18.2 Å². The van der Waals surface area contributed by atoms with Gasteiger partial charge in [0.25, 0.3) is 0 Å². The Balaban J connectivity index is 2.13. The van der Waals surface area contributed by atoms with Crippen LogP contribution >= 0.6 is 0 Å². The predicted molar refractivity (Wildman–Crippen MR) is 82.8 cm³/mol. The van der Waals surface area contributed by atoms with Crippen LogP contribution in [0.4, 0.5) is 0 Å². The lowest BCUT2D eigenvalue weighted by atomic mass is 9.93.